The summed E-state index contributed by atoms with van der Waals surface area (Å²) in [6.45, 7) is 16.1. The summed E-state index contributed by atoms with van der Waals surface area (Å²) in [5.74, 6) is 0.809. The maximum absolute atomic E-state index is 3.48. The van der Waals surface area contributed by atoms with Crippen molar-refractivity contribution in [3.8, 4) is 0 Å². The first-order valence-electron chi connectivity index (χ1n) is 6.82. The summed E-state index contributed by atoms with van der Waals surface area (Å²) in [4.78, 5) is 2.49. The van der Waals surface area contributed by atoms with Crippen molar-refractivity contribution in [2.75, 3.05) is 33.2 Å². The number of hydrogen-bond donors (Lipinski definition) is 1. The highest BCUT2D eigenvalue weighted by Gasteiger charge is 2.23. The average molecular weight is 228 g/mol. The molecule has 0 radical (unpaired) electrons. The van der Waals surface area contributed by atoms with E-state index in [-0.39, 0.29) is 0 Å². The van der Waals surface area contributed by atoms with Crippen LogP contribution in [0.2, 0.25) is 0 Å². The smallest absolute Gasteiger partial charge is 0.00443 e. The van der Waals surface area contributed by atoms with Crippen molar-refractivity contribution in [3.63, 3.8) is 0 Å². The Bertz CT molecular complexity index is 168. The van der Waals surface area contributed by atoms with Gasteiger partial charge in [-0.25, -0.2) is 0 Å². The zero-order valence-corrected chi connectivity index (χ0v) is 12.3. The Morgan fingerprint density at radius 1 is 1.25 bits per heavy atom. The van der Waals surface area contributed by atoms with E-state index in [9.17, 15) is 0 Å². The third kappa shape index (κ3) is 7.24. The van der Waals surface area contributed by atoms with Gasteiger partial charge in [0.2, 0.25) is 0 Å². The van der Waals surface area contributed by atoms with E-state index >= 15 is 0 Å². The zero-order chi connectivity index (χ0) is 12.6. The van der Waals surface area contributed by atoms with E-state index < -0.39 is 0 Å². The molecule has 0 spiro atoms. The molecule has 16 heavy (non-hydrogen) atoms. The van der Waals surface area contributed by atoms with Crippen LogP contribution < -0.4 is 5.32 Å². The molecule has 0 aromatic heterocycles. The molecule has 98 valence electrons. The zero-order valence-electron chi connectivity index (χ0n) is 12.3. The minimum Gasteiger partial charge on any atom is -0.316 e. The van der Waals surface area contributed by atoms with E-state index in [1.807, 2.05) is 0 Å². The Kier molecular flexibility index (Phi) is 8.04. The lowest BCUT2D eigenvalue weighted by Crippen LogP contribution is -2.41. The van der Waals surface area contributed by atoms with Gasteiger partial charge in [-0.05, 0) is 44.3 Å². The molecule has 0 aromatic carbocycles. The second kappa shape index (κ2) is 8.08. The lowest BCUT2D eigenvalue weighted by atomic mass is 9.86. The van der Waals surface area contributed by atoms with E-state index in [1.54, 1.807) is 0 Å². The number of nitrogens with one attached hydrogen (secondary N) is 1. The number of nitrogens with zero attached hydrogens (tertiary/aromatic N) is 1. The van der Waals surface area contributed by atoms with Crippen LogP contribution in [0, 0.1) is 11.3 Å². The largest absolute Gasteiger partial charge is 0.316 e. The molecule has 0 heterocycles. The summed E-state index contributed by atoms with van der Waals surface area (Å²) < 4.78 is 0. The van der Waals surface area contributed by atoms with Crippen LogP contribution in [0.4, 0.5) is 0 Å². The van der Waals surface area contributed by atoms with Crippen molar-refractivity contribution < 1.29 is 0 Å². The Morgan fingerprint density at radius 3 is 2.31 bits per heavy atom. The molecule has 1 atom stereocenters. The highest BCUT2D eigenvalue weighted by molar-refractivity contribution is 4.78. The average Bonchev–Trinajstić information content (AvgIpc) is 2.23. The predicted molar refractivity (Wildman–Crippen MR) is 73.9 cm³/mol. The van der Waals surface area contributed by atoms with Gasteiger partial charge in [-0.15, -0.1) is 0 Å². The lowest BCUT2D eigenvalue weighted by Gasteiger charge is -2.33. The van der Waals surface area contributed by atoms with E-state index in [1.165, 1.54) is 25.9 Å². The van der Waals surface area contributed by atoms with Crippen LogP contribution in [0.3, 0.4) is 0 Å². The maximum Gasteiger partial charge on any atom is 0.00443 e. The molecule has 2 nitrogen and oxygen atoms in total. The van der Waals surface area contributed by atoms with E-state index in [2.05, 4.69) is 51.9 Å². The molecule has 0 rings (SSSR count). The van der Waals surface area contributed by atoms with Gasteiger partial charge in [0.1, 0.15) is 0 Å². The quantitative estimate of drug-likeness (QED) is 0.652. The standard InChI is InChI=1S/C14H32N2/c1-7-14(5,11-15-8-2)12-16(6)10-9-13(3)4/h13,15H,7-12H2,1-6H3. The highest BCUT2D eigenvalue weighted by Crippen LogP contribution is 2.21. The van der Waals surface area contributed by atoms with Gasteiger partial charge in [0.15, 0.2) is 0 Å². The fourth-order valence-corrected chi connectivity index (χ4v) is 1.93. The van der Waals surface area contributed by atoms with Gasteiger partial charge >= 0.3 is 0 Å². The SMILES string of the molecule is CCNCC(C)(CC)CN(C)CCC(C)C. The van der Waals surface area contributed by atoms with Gasteiger partial charge in [-0.2, -0.15) is 0 Å². The van der Waals surface area contributed by atoms with Crippen LogP contribution in [-0.2, 0) is 0 Å². The van der Waals surface area contributed by atoms with Crippen molar-refractivity contribution in [2.24, 2.45) is 11.3 Å². The van der Waals surface area contributed by atoms with E-state index in [0.717, 1.165) is 19.0 Å². The molecule has 0 amide bonds. The fourth-order valence-electron chi connectivity index (χ4n) is 1.93. The van der Waals surface area contributed by atoms with Crippen LogP contribution in [0.15, 0.2) is 0 Å². The predicted octanol–water partition coefficient (Wildman–Crippen LogP) is 2.99. The van der Waals surface area contributed by atoms with Gasteiger partial charge in [0.25, 0.3) is 0 Å². The Hall–Kier alpha value is -0.0800. The van der Waals surface area contributed by atoms with Crippen molar-refractivity contribution in [1.82, 2.24) is 10.2 Å². The normalized spacial score (nSPS) is 15.8. The van der Waals surface area contributed by atoms with Gasteiger partial charge in [-0.3, -0.25) is 0 Å². The third-order valence-electron chi connectivity index (χ3n) is 3.40. The fraction of sp³-hybridized carbons (Fsp3) is 1.00. The van der Waals surface area contributed by atoms with Crippen molar-refractivity contribution in [1.29, 1.82) is 0 Å². The first-order valence-corrected chi connectivity index (χ1v) is 6.82. The lowest BCUT2D eigenvalue weighted by molar-refractivity contribution is 0.175. The van der Waals surface area contributed by atoms with Gasteiger partial charge in [0.05, 0.1) is 0 Å². The topological polar surface area (TPSA) is 15.3 Å². The van der Waals surface area contributed by atoms with Crippen molar-refractivity contribution >= 4 is 0 Å². The molecule has 1 unspecified atom stereocenters. The summed E-state index contributed by atoms with van der Waals surface area (Å²) >= 11 is 0. The molecule has 0 aliphatic heterocycles. The minimum atomic E-state index is 0.418. The monoisotopic (exact) mass is 228 g/mol. The second-order valence-electron chi connectivity index (χ2n) is 5.86. The molecule has 0 fully saturated rings. The molecule has 0 aliphatic carbocycles. The van der Waals surface area contributed by atoms with E-state index in [4.69, 9.17) is 0 Å². The van der Waals surface area contributed by atoms with Gasteiger partial charge < -0.3 is 10.2 Å². The highest BCUT2D eigenvalue weighted by atomic mass is 15.1. The molecular weight excluding hydrogens is 196 g/mol. The van der Waals surface area contributed by atoms with Crippen molar-refractivity contribution in [3.05, 3.63) is 0 Å². The van der Waals surface area contributed by atoms with Crippen LogP contribution in [0.25, 0.3) is 0 Å². The summed E-state index contributed by atoms with van der Waals surface area (Å²) in [7, 11) is 2.25. The molecule has 0 aromatic rings. The van der Waals surface area contributed by atoms with Crippen LogP contribution in [-0.4, -0.2) is 38.1 Å². The number of hydrogen-bond acceptors (Lipinski definition) is 2. The minimum absolute atomic E-state index is 0.418. The molecule has 0 aliphatic rings. The van der Waals surface area contributed by atoms with Crippen LogP contribution in [0.5, 0.6) is 0 Å². The summed E-state index contributed by atoms with van der Waals surface area (Å²) in [5.41, 5.74) is 0.418. The summed E-state index contributed by atoms with van der Waals surface area (Å²) in [6.07, 6.45) is 2.55. The third-order valence-corrected chi connectivity index (χ3v) is 3.40. The maximum atomic E-state index is 3.48. The second-order valence-corrected chi connectivity index (χ2v) is 5.86. The molecule has 0 saturated heterocycles. The summed E-state index contributed by atoms with van der Waals surface area (Å²) in [5, 5.41) is 3.48. The first-order chi connectivity index (χ1) is 7.43. The Morgan fingerprint density at radius 2 is 1.88 bits per heavy atom. The Labute approximate surface area is 103 Å². The first kappa shape index (κ1) is 15.9. The molecule has 2 heteroatoms. The van der Waals surface area contributed by atoms with Crippen LogP contribution >= 0.6 is 0 Å². The van der Waals surface area contributed by atoms with Crippen molar-refractivity contribution in [2.45, 2.75) is 47.5 Å². The molecule has 0 saturated carbocycles. The van der Waals surface area contributed by atoms with E-state index in [0.29, 0.717) is 5.41 Å². The van der Waals surface area contributed by atoms with Gasteiger partial charge in [0, 0.05) is 13.1 Å². The molecular formula is C14H32N2. The van der Waals surface area contributed by atoms with Gasteiger partial charge in [-0.1, -0.05) is 34.6 Å². The van der Waals surface area contributed by atoms with Crippen LogP contribution in [0.1, 0.15) is 47.5 Å². The number of rotatable bonds is 9. The Balaban J connectivity index is 3.98. The molecule has 0 bridgehead atoms. The molecule has 1 N–H and O–H groups in total. The summed E-state index contributed by atoms with van der Waals surface area (Å²) in [6, 6.07) is 0.